The number of hydrogen-bond acceptors (Lipinski definition) is 3. The molecule has 0 saturated carbocycles. The third kappa shape index (κ3) is 3.52. The molecule has 0 aliphatic carbocycles. The Morgan fingerprint density at radius 2 is 1.55 bits per heavy atom. The van der Waals surface area contributed by atoms with Crippen molar-refractivity contribution in [1.29, 1.82) is 0 Å². The topological polar surface area (TPSA) is 38.7 Å². The molecule has 0 radical (unpaired) electrons. The molecule has 2 aromatic rings. The van der Waals surface area contributed by atoms with Crippen LogP contribution in [0.5, 0.6) is 17.2 Å². The standard InChI is InChI=1S/C17H20O3/c1-3-12-19-16-10-6-7-11-17(16)20-15-9-5-4-8-14(15)13(2)18/h4-11,13,18H,3,12H2,1-2H3/t13-/m1/s1. The Morgan fingerprint density at radius 1 is 0.950 bits per heavy atom. The number of rotatable bonds is 6. The molecule has 2 rings (SSSR count). The first kappa shape index (κ1) is 14.4. The molecule has 0 heterocycles. The lowest BCUT2D eigenvalue weighted by atomic mass is 10.1. The van der Waals surface area contributed by atoms with Gasteiger partial charge in [-0.25, -0.2) is 0 Å². The highest BCUT2D eigenvalue weighted by molar-refractivity contribution is 5.45. The van der Waals surface area contributed by atoms with Gasteiger partial charge in [-0.2, -0.15) is 0 Å². The van der Waals surface area contributed by atoms with E-state index < -0.39 is 6.10 Å². The second-order valence-corrected chi connectivity index (χ2v) is 4.61. The van der Waals surface area contributed by atoms with E-state index >= 15 is 0 Å². The maximum absolute atomic E-state index is 9.78. The van der Waals surface area contributed by atoms with Crippen LogP contribution in [0.15, 0.2) is 48.5 Å². The van der Waals surface area contributed by atoms with Gasteiger partial charge in [0.2, 0.25) is 0 Å². The molecule has 0 aromatic heterocycles. The molecule has 1 atom stereocenters. The number of aliphatic hydroxyl groups excluding tert-OH is 1. The van der Waals surface area contributed by atoms with Gasteiger partial charge in [0, 0.05) is 5.56 Å². The van der Waals surface area contributed by atoms with Crippen LogP contribution in [0.1, 0.15) is 31.9 Å². The smallest absolute Gasteiger partial charge is 0.169 e. The summed E-state index contributed by atoms with van der Waals surface area (Å²) in [7, 11) is 0. The lowest BCUT2D eigenvalue weighted by Gasteiger charge is -2.15. The van der Waals surface area contributed by atoms with Crippen LogP contribution in [0.2, 0.25) is 0 Å². The summed E-state index contributed by atoms with van der Waals surface area (Å²) < 4.78 is 11.6. The molecule has 0 fully saturated rings. The minimum atomic E-state index is -0.574. The number of benzene rings is 2. The zero-order valence-corrected chi connectivity index (χ0v) is 11.9. The highest BCUT2D eigenvalue weighted by Crippen LogP contribution is 2.34. The van der Waals surface area contributed by atoms with E-state index in [1.54, 1.807) is 6.92 Å². The van der Waals surface area contributed by atoms with E-state index in [4.69, 9.17) is 9.47 Å². The van der Waals surface area contributed by atoms with Gasteiger partial charge in [0.1, 0.15) is 5.75 Å². The Kier molecular flexibility index (Phi) is 5.02. The van der Waals surface area contributed by atoms with Crippen molar-refractivity contribution in [1.82, 2.24) is 0 Å². The second kappa shape index (κ2) is 6.96. The van der Waals surface area contributed by atoms with Gasteiger partial charge in [0.05, 0.1) is 12.7 Å². The minimum absolute atomic E-state index is 0.574. The summed E-state index contributed by atoms with van der Waals surface area (Å²) in [5.74, 6) is 2.03. The molecule has 20 heavy (non-hydrogen) atoms. The van der Waals surface area contributed by atoms with Crippen LogP contribution in [-0.2, 0) is 0 Å². The van der Waals surface area contributed by atoms with Gasteiger partial charge < -0.3 is 14.6 Å². The maximum atomic E-state index is 9.78. The van der Waals surface area contributed by atoms with Gasteiger partial charge in [-0.15, -0.1) is 0 Å². The first-order chi connectivity index (χ1) is 9.72. The maximum Gasteiger partial charge on any atom is 0.169 e. The quantitative estimate of drug-likeness (QED) is 0.851. The number of para-hydroxylation sites is 3. The van der Waals surface area contributed by atoms with E-state index in [2.05, 4.69) is 6.92 Å². The molecule has 0 amide bonds. The highest BCUT2D eigenvalue weighted by Gasteiger charge is 2.11. The molecule has 0 bridgehead atoms. The molecule has 0 spiro atoms. The monoisotopic (exact) mass is 272 g/mol. The van der Waals surface area contributed by atoms with Crippen molar-refractivity contribution in [3.05, 3.63) is 54.1 Å². The molecule has 0 aliphatic heterocycles. The van der Waals surface area contributed by atoms with E-state index in [0.29, 0.717) is 18.1 Å². The van der Waals surface area contributed by atoms with Crippen LogP contribution >= 0.6 is 0 Å². The zero-order chi connectivity index (χ0) is 14.4. The molecule has 3 nitrogen and oxygen atoms in total. The molecule has 0 unspecified atom stereocenters. The van der Waals surface area contributed by atoms with Gasteiger partial charge in [-0.05, 0) is 31.5 Å². The zero-order valence-electron chi connectivity index (χ0n) is 11.9. The van der Waals surface area contributed by atoms with Gasteiger partial charge in [0.25, 0.3) is 0 Å². The predicted molar refractivity (Wildman–Crippen MR) is 79.4 cm³/mol. The molecular formula is C17H20O3. The Morgan fingerprint density at radius 3 is 2.20 bits per heavy atom. The van der Waals surface area contributed by atoms with Gasteiger partial charge in [0.15, 0.2) is 11.5 Å². The van der Waals surface area contributed by atoms with Crippen molar-refractivity contribution in [2.75, 3.05) is 6.61 Å². The SMILES string of the molecule is CCCOc1ccccc1Oc1ccccc1[C@@H](C)O. The third-order valence-corrected chi connectivity index (χ3v) is 2.90. The third-order valence-electron chi connectivity index (χ3n) is 2.90. The first-order valence-corrected chi connectivity index (χ1v) is 6.89. The highest BCUT2D eigenvalue weighted by atomic mass is 16.5. The summed E-state index contributed by atoms with van der Waals surface area (Å²) in [6.45, 7) is 4.44. The summed E-state index contributed by atoms with van der Waals surface area (Å²) >= 11 is 0. The normalized spacial score (nSPS) is 11.9. The van der Waals surface area contributed by atoms with Crippen LogP contribution in [0, 0.1) is 0 Å². The number of hydrogen-bond donors (Lipinski definition) is 1. The fourth-order valence-electron chi connectivity index (χ4n) is 1.90. The fourth-order valence-corrected chi connectivity index (χ4v) is 1.90. The van der Waals surface area contributed by atoms with Gasteiger partial charge in [-0.1, -0.05) is 37.3 Å². The summed E-state index contributed by atoms with van der Waals surface area (Å²) in [5.41, 5.74) is 0.762. The van der Waals surface area contributed by atoms with Crippen LogP contribution in [0.25, 0.3) is 0 Å². The minimum Gasteiger partial charge on any atom is -0.490 e. The van der Waals surface area contributed by atoms with Gasteiger partial charge >= 0.3 is 0 Å². The Bertz CT molecular complexity index is 549. The largest absolute Gasteiger partial charge is 0.490 e. The lowest BCUT2D eigenvalue weighted by molar-refractivity contribution is 0.195. The van der Waals surface area contributed by atoms with Crippen molar-refractivity contribution in [2.24, 2.45) is 0 Å². The Labute approximate surface area is 119 Å². The molecule has 3 heteroatoms. The van der Waals surface area contributed by atoms with Crippen LogP contribution < -0.4 is 9.47 Å². The van der Waals surface area contributed by atoms with E-state index in [9.17, 15) is 5.11 Å². The molecule has 0 saturated heterocycles. The summed E-state index contributed by atoms with van der Waals surface area (Å²) in [6.07, 6.45) is 0.369. The van der Waals surface area contributed by atoms with Crippen LogP contribution in [0.3, 0.4) is 0 Å². The Hall–Kier alpha value is -2.00. The lowest BCUT2D eigenvalue weighted by Crippen LogP contribution is -1.99. The second-order valence-electron chi connectivity index (χ2n) is 4.61. The van der Waals surface area contributed by atoms with E-state index in [-0.39, 0.29) is 0 Å². The summed E-state index contributed by atoms with van der Waals surface area (Å²) in [4.78, 5) is 0. The molecule has 0 aliphatic rings. The average Bonchev–Trinajstić information content (AvgIpc) is 2.47. The van der Waals surface area contributed by atoms with Crippen molar-refractivity contribution in [3.63, 3.8) is 0 Å². The molecule has 2 aromatic carbocycles. The van der Waals surface area contributed by atoms with Crippen LogP contribution in [-0.4, -0.2) is 11.7 Å². The Balaban J connectivity index is 2.26. The number of ether oxygens (including phenoxy) is 2. The first-order valence-electron chi connectivity index (χ1n) is 6.89. The summed E-state index contributed by atoms with van der Waals surface area (Å²) in [5, 5.41) is 9.78. The van der Waals surface area contributed by atoms with Crippen molar-refractivity contribution >= 4 is 0 Å². The number of aliphatic hydroxyl groups is 1. The fraction of sp³-hybridized carbons (Fsp3) is 0.294. The van der Waals surface area contributed by atoms with E-state index in [1.807, 2.05) is 48.5 Å². The molecule has 1 N–H and O–H groups in total. The van der Waals surface area contributed by atoms with Crippen molar-refractivity contribution < 1.29 is 14.6 Å². The molecular weight excluding hydrogens is 252 g/mol. The summed E-state index contributed by atoms with van der Waals surface area (Å²) in [6, 6.07) is 15.0. The molecule has 106 valence electrons. The van der Waals surface area contributed by atoms with Crippen LogP contribution in [0.4, 0.5) is 0 Å². The average molecular weight is 272 g/mol. The van der Waals surface area contributed by atoms with Crippen molar-refractivity contribution in [2.45, 2.75) is 26.4 Å². The van der Waals surface area contributed by atoms with Crippen molar-refractivity contribution in [3.8, 4) is 17.2 Å². The predicted octanol–water partition coefficient (Wildman–Crippen LogP) is 4.32. The van der Waals surface area contributed by atoms with E-state index in [1.165, 1.54) is 0 Å². The van der Waals surface area contributed by atoms with Gasteiger partial charge in [-0.3, -0.25) is 0 Å². The van der Waals surface area contributed by atoms with E-state index in [0.717, 1.165) is 17.7 Å².